The number of nitrogens with two attached hydrogens (primary N) is 1. The van der Waals surface area contributed by atoms with Crippen LogP contribution in [0.25, 0.3) is 0 Å². The van der Waals surface area contributed by atoms with Crippen LogP contribution in [0.3, 0.4) is 0 Å². The van der Waals surface area contributed by atoms with Gasteiger partial charge in [0.15, 0.2) is 0 Å². The molecule has 0 saturated carbocycles. The van der Waals surface area contributed by atoms with E-state index in [9.17, 15) is 18.4 Å². The fourth-order valence-corrected chi connectivity index (χ4v) is 3.87. The summed E-state index contributed by atoms with van der Waals surface area (Å²) in [6, 6.07) is 3.83. The number of hydrogen-bond donors (Lipinski definition) is 2. The first kappa shape index (κ1) is 23.5. The molecule has 1 unspecified atom stereocenters. The fraction of sp³-hybridized carbons (Fsp3) is 0.455. The number of hydrogen-bond acceptors (Lipinski definition) is 6. The lowest BCUT2D eigenvalue weighted by Gasteiger charge is -2.47. The minimum absolute atomic E-state index is 0.285. The van der Waals surface area contributed by atoms with Crippen molar-refractivity contribution >= 4 is 23.3 Å². The highest BCUT2D eigenvalue weighted by Crippen LogP contribution is 2.46. The quantitative estimate of drug-likeness (QED) is 0.697. The largest absolute Gasteiger partial charge is 0.383 e. The second kappa shape index (κ2) is 9.15. The van der Waals surface area contributed by atoms with E-state index in [0.29, 0.717) is 29.1 Å². The number of carbonyl (C=O) groups excluding carboxylic acids is 2. The van der Waals surface area contributed by atoms with Crippen LogP contribution in [-0.2, 0) is 20.7 Å². The van der Waals surface area contributed by atoms with Gasteiger partial charge in [-0.1, -0.05) is 19.9 Å². The number of anilines is 2. The molecule has 0 radical (unpaired) electrons. The summed E-state index contributed by atoms with van der Waals surface area (Å²) >= 11 is 0. The molecular weight excluding hydrogens is 420 g/mol. The van der Waals surface area contributed by atoms with Gasteiger partial charge < -0.3 is 20.7 Å². The minimum atomic E-state index is -3.11. The lowest BCUT2D eigenvalue weighted by molar-refractivity contribution is -0.214. The van der Waals surface area contributed by atoms with Crippen molar-refractivity contribution in [1.29, 1.82) is 0 Å². The molecule has 3 heterocycles. The molecule has 3 N–H and O–H groups in total. The number of methoxy groups -OCH3 is 1. The molecule has 0 aromatic carbocycles. The third kappa shape index (κ3) is 4.55. The summed E-state index contributed by atoms with van der Waals surface area (Å²) in [5.74, 6) is -6.07. The summed E-state index contributed by atoms with van der Waals surface area (Å²) in [5.41, 5.74) is 7.87. The van der Waals surface area contributed by atoms with Crippen LogP contribution in [0.2, 0.25) is 0 Å². The first-order valence-corrected chi connectivity index (χ1v) is 10.3. The Hall–Kier alpha value is -3.14. The number of nitrogens with zero attached hydrogens (tertiary/aromatic N) is 3. The van der Waals surface area contributed by atoms with Crippen LogP contribution in [-0.4, -0.2) is 45.9 Å². The van der Waals surface area contributed by atoms with Crippen molar-refractivity contribution < 1.29 is 23.1 Å². The number of aromatic nitrogens is 2. The van der Waals surface area contributed by atoms with E-state index < -0.39 is 42.3 Å². The van der Waals surface area contributed by atoms with Crippen molar-refractivity contribution in [3.8, 4) is 0 Å². The van der Waals surface area contributed by atoms with E-state index in [4.69, 9.17) is 10.5 Å². The van der Waals surface area contributed by atoms with E-state index in [1.54, 1.807) is 25.1 Å². The van der Waals surface area contributed by atoms with Gasteiger partial charge in [0.05, 0.1) is 23.8 Å². The molecule has 172 valence electrons. The first-order chi connectivity index (χ1) is 15.1. The Morgan fingerprint density at radius 2 is 2.03 bits per heavy atom. The number of nitrogens with one attached hydrogen (secondary N) is 1. The molecule has 3 atom stereocenters. The molecule has 3 rings (SSSR count). The molecule has 1 saturated heterocycles. The van der Waals surface area contributed by atoms with Crippen molar-refractivity contribution in [2.75, 3.05) is 18.2 Å². The molecule has 8 nitrogen and oxygen atoms in total. The van der Waals surface area contributed by atoms with E-state index in [0.717, 1.165) is 4.90 Å². The van der Waals surface area contributed by atoms with Crippen LogP contribution in [0.15, 0.2) is 30.6 Å². The number of likely N-dealkylation sites (tertiary alicyclic amines) is 1. The van der Waals surface area contributed by atoms with Gasteiger partial charge in [-0.2, -0.15) is 0 Å². The Bertz CT molecular complexity index is 1000. The van der Waals surface area contributed by atoms with Gasteiger partial charge in [-0.05, 0) is 36.6 Å². The molecule has 10 heteroatoms. The van der Waals surface area contributed by atoms with Crippen LogP contribution in [0.5, 0.6) is 0 Å². The van der Waals surface area contributed by atoms with Gasteiger partial charge >= 0.3 is 11.8 Å². The molecule has 0 bridgehead atoms. The van der Waals surface area contributed by atoms with Gasteiger partial charge in [-0.15, -0.1) is 0 Å². The molecule has 2 aromatic rings. The van der Waals surface area contributed by atoms with Gasteiger partial charge in [0.25, 0.3) is 5.92 Å². The Balaban J connectivity index is 1.94. The van der Waals surface area contributed by atoms with E-state index in [1.807, 2.05) is 6.92 Å². The highest BCUT2D eigenvalue weighted by molar-refractivity contribution is 6.39. The van der Waals surface area contributed by atoms with E-state index in [1.165, 1.54) is 26.4 Å². The molecule has 2 aromatic heterocycles. The molecule has 0 spiro atoms. The minimum Gasteiger partial charge on any atom is -0.383 e. The predicted molar refractivity (Wildman–Crippen MR) is 115 cm³/mol. The first-order valence-electron chi connectivity index (χ1n) is 10.3. The van der Waals surface area contributed by atoms with Crippen molar-refractivity contribution in [1.82, 2.24) is 14.9 Å². The van der Waals surface area contributed by atoms with Crippen molar-refractivity contribution in [2.24, 2.45) is 5.92 Å². The maximum atomic E-state index is 14.8. The zero-order valence-corrected chi connectivity index (χ0v) is 18.4. The monoisotopic (exact) mass is 447 g/mol. The van der Waals surface area contributed by atoms with Crippen LogP contribution in [0.4, 0.5) is 20.3 Å². The maximum Gasteiger partial charge on any atom is 0.314 e. The Kier molecular flexibility index (Phi) is 6.73. The predicted octanol–water partition coefficient (Wildman–Crippen LogP) is 3.09. The number of piperidine rings is 1. The molecule has 32 heavy (non-hydrogen) atoms. The molecular formula is C22H27F2N5O3. The van der Waals surface area contributed by atoms with E-state index in [2.05, 4.69) is 15.3 Å². The summed E-state index contributed by atoms with van der Waals surface area (Å²) in [6.45, 7) is 4.94. The molecule has 2 amide bonds. The van der Waals surface area contributed by atoms with Gasteiger partial charge in [-0.3, -0.25) is 14.6 Å². The second-order valence-corrected chi connectivity index (χ2v) is 7.92. The number of halogens is 2. The Morgan fingerprint density at radius 3 is 2.62 bits per heavy atom. The van der Waals surface area contributed by atoms with Gasteiger partial charge in [0, 0.05) is 25.4 Å². The van der Waals surface area contributed by atoms with Crippen LogP contribution < -0.4 is 11.1 Å². The highest BCUT2D eigenvalue weighted by Gasteiger charge is 2.54. The summed E-state index contributed by atoms with van der Waals surface area (Å²) in [6.07, 6.45) is 1.40. The Labute approximate surface area is 185 Å². The normalized spacial score (nSPS) is 22.4. The molecule has 1 aliphatic rings. The van der Waals surface area contributed by atoms with Gasteiger partial charge in [0.2, 0.25) is 0 Å². The van der Waals surface area contributed by atoms with Crippen LogP contribution >= 0.6 is 0 Å². The summed E-state index contributed by atoms with van der Waals surface area (Å²) in [7, 11) is 1.24. The standard InChI is InChI=1S/C22H27F2N5O3/c1-5-14-8-16(11-27-18(14)25)28-19(30)20(31)29-17(15-7-6-12(2)26-10-15)9-22(23,24)13(3)21(29)32-4/h6-8,10-11,13,17,21H,5,9H2,1-4H3,(H2,25,27)(H,28,30)/t13-,17-,21?/m1/s1. The topological polar surface area (TPSA) is 110 Å². The zero-order valence-electron chi connectivity index (χ0n) is 18.4. The molecule has 0 aliphatic carbocycles. The summed E-state index contributed by atoms with van der Waals surface area (Å²) in [5, 5.41) is 2.50. The number of amides is 2. The van der Waals surface area contributed by atoms with E-state index >= 15 is 0 Å². The number of ether oxygens (including phenoxy) is 1. The molecule has 1 fully saturated rings. The van der Waals surface area contributed by atoms with Crippen molar-refractivity contribution in [3.05, 3.63) is 47.4 Å². The van der Waals surface area contributed by atoms with Crippen molar-refractivity contribution in [2.45, 2.75) is 51.8 Å². The third-order valence-electron chi connectivity index (χ3n) is 5.80. The Morgan fingerprint density at radius 1 is 1.31 bits per heavy atom. The fourth-order valence-electron chi connectivity index (χ4n) is 3.87. The average Bonchev–Trinajstić information content (AvgIpc) is 2.76. The summed E-state index contributed by atoms with van der Waals surface area (Å²) in [4.78, 5) is 35.3. The maximum absolute atomic E-state index is 14.8. The second-order valence-electron chi connectivity index (χ2n) is 7.92. The molecule has 1 aliphatic heterocycles. The highest BCUT2D eigenvalue weighted by atomic mass is 19.3. The van der Waals surface area contributed by atoms with Crippen LogP contribution in [0, 0.1) is 12.8 Å². The SMILES string of the molecule is CCc1cc(NC(=O)C(=O)N2C(OC)[C@@H](C)C(F)(F)C[C@@H]2c2ccc(C)nc2)cnc1N. The average molecular weight is 447 g/mol. The zero-order chi connectivity index (χ0) is 23.6. The van der Waals surface area contributed by atoms with E-state index in [-0.39, 0.29) is 5.69 Å². The van der Waals surface area contributed by atoms with Gasteiger partial charge in [-0.25, -0.2) is 13.8 Å². The smallest absolute Gasteiger partial charge is 0.314 e. The number of aryl methyl sites for hydroxylation is 2. The number of rotatable bonds is 4. The lowest BCUT2D eigenvalue weighted by atomic mass is 9.85. The third-order valence-corrected chi connectivity index (χ3v) is 5.80. The van der Waals surface area contributed by atoms with Gasteiger partial charge in [0.1, 0.15) is 12.0 Å². The number of pyridine rings is 2. The van der Waals surface area contributed by atoms with Crippen LogP contribution in [0.1, 0.15) is 43.1 Å². The number of nitrogen functional groups attached to an aromatic ring is 1. The lowest BCUT2D eigenvalue weighted by Crippen LogP contribution is -2.59. The summed E-state index contributed by atoms with van der Waals surface area (Å²) < 4.78 is 34.9. The number of carbonyl (C=O) groups is 2. The van der Waals surface area contributed by atoms with Crippen molar-refractivity contribution in [3.63, 3.8) is 0 Å². The number of alkyl halides is 2.